The van der Waals surface area contributed by atoms with Crippen molar-refractivity contribution >= 4 is 12.2 Å². The van der Waals surface area contributed by atoms with Crippen LogP contribution >= 0.6 is 0 Å². The molecule has 0 aromatic rings. The molecule has 94 valence electrons. The third-order valence-corrected chi connectivity index (χ3v) is 1.86. The summed E-state index contributed by atoms with van der Waals surface area (Å²) in [6.07, 6.45) is -0.253. The van der Waals surface area contributed by atoms with Crippen LogP contribution in [0.4, 0.5) is 9.59 Å². The van der Waals surface area contributed by atoms with Gasteiger partial charge in [-0.3, -0.25) is 0 Å². The van der Waals surface area contributed by atoms with Gasteiger partial charge in [0.2, 0.25) is 0 Å². The van der Waals surface area contributed by atoms with Crippen LogP contribution in [0.3, 0.4) is 0 Å². The van der Waals surface area contributed by atoms with Crippen LogP contribution in [0.1, 0.15) is 27.2 Å². The van der Waals surface area contributed by atoms with E-state index in [0.717, 1.165) is 0 Å². The Morgan fingerprint density at radius 3 is 2.12 bits per heavy atom. The lowest BCUT2D eigenvalue weighted by atomic mass is 10.2. The van der Waals surface area contributed by atoms with E-state index in [4.69, 9.17) is 9.47 Å². The highest BCUT2D eigenvalue weighted by molar-refractivity contribution is 5.68. The molecule has 0 bridgehead atoms. The summed E-state index contributed by atoms with van der Waals surface area (Å²) in [4.78, 5) is 22.1. The van der Waals surface area contributed by atoms with Crippen molar-refractivity contribution in [2.45, 2.75) is 33.2 Å². The quantitative estimate of drug-likeness (QED) is 0.722. The van der Waals surface area contributed by atoms with E-state index in [1.165, 1.54) is 0 Å². The summed E-state index contributed by atoms with van der Waals surface area (Å²) in [5, 5.41) is 5.18. The van der Waals surface area contributed by atoms with Crippen LogP contribution in [-0.2, 0) is 9.47 Å². The molecule has 0 rings (SSSR count). The molecule has 0 heterocycles. The molecule has 0 aromatic carbocycles. The molecular weight excluding hydrogens is 212 g/mol. The molecule has 0 aliphatic heterocycles. The van der Waals surface area contributed by atoms with Gasteiger partial charge in [-0.25, -0.2) is 9.59 Å². The van der Waals surface area contributed by atoms with Crippen molar-refractivity contribution in [2.24, 2.45) is 0 Å². The lowest BCUT2D eigenvalue weighted by Gasteiger charge is -2.16. The minimum Gasteiger partial charge on any atom is -0.450 e. The molecule has 6 nitrogen and oxygen atoms in total. The smallest absolute Gasteiger partial charge is 0.407 e. The Morgan fingerprint density at radius 2 is 1.62 bits per heavy atom. The van der Waals surface area contributed by atoms with Gasteiger partial charge in [-0.2, -0.15) is 0 Å². The maximum Gasteiger partial charge on any atom is 0.407 e. The van der Waals surface area contributed by atoms with Crippen molar-refractivity contribution < 1.29 is 19.1 Å². The summed E-state index contributed by atoms with van der Waals surface area (Å²) in [6, 6.07) is -0.150. The minimum atomic E-state index is -0.480. The highest BCUT2D eigenvalue weighted by Crippen LogP contribution is 1.91. The first-order valence-electron chi connectivity index (χ1n) is 5.47. The second kappa shape index (κ2) is 8.82. The van der Waals surface area contributed by atoms with E-state index in [-0.39, 0.29) is 6.04 Å². The average molecular weight is 232 g/mol. The maximum atomic E-state index is 11.1. The predicted molar refractivity (Wildman–Crippen MR) is 59.3 cm³/mol. The van der Waals surface area contributed by atoms with Crippen molar-refractivity contribution in [3.8, 4) is 0 Å². The fourth-order valence-electron chi connectivity index (χ4n) is 1.03. The molecule has 16 heavy (non-hydrogen) atoms. The zero-order chi connectivity index (χ0) is 12.4. The molecule has 0 aliphatic rings. The summed E-state index contributed by atoms with van der Waals surface area (Å²) in [7, 11) is 0. The number of carbonyl (C=O) groups excluding carboxylic acids is 2. The van der Waals surface area contributed by atoms with E-state index in [1.807, 2.05) is 6.92 Å². The van der Waals surface area contributed by atoms with Gasteiger partial charge in [0.05, 0.1) is 13.2 Å². The van der Waals surface area contributed by atoms with Gasteiger partial charge in [-0.1, -0.05) is 6.92 Å². The van der Waals surface area contributed by atoms with Crippen LogP contribution < -0.4 is 10.6 Å². The minimum absolute atomic E-state index is 0.150. The molecule has 0 radical (unpaired) electrons. The molecule has 2 amide bonds. The summed E-state index contributed by atoms with van der Waals surface area (Å²) < 4.78 is 9.43. The van der Waals surface area contributed by atoms with Crippen molar-refractivity contribution in [2.75, 3.05) is 19.8 Å². The van der Waals surface area contributed by atoms with E-state index >= 15 is 0 Å². The molecule has 0 fully saturated rings. The zero-order valence-electron chi connectivity index (χ0n) is 10.0. The van der Waals surface area contributed by atoms with Gasteiger partial charge >= 0.3 is 12.2 Å². The first kappa shape index (κ1) is 14.5. The van der Waals surface area contributed by atoms with Crippen LogP contribution in [0.25, 0.3) is 0 Å². The SMILES string of the molecule is CCOC(=O)NCC(CC)NC(=O)OCC. The van der Waals surface area contributed by atoms with Gasteiger partial charge in [0.25, 0.3) is 0 Å². The van der Waals surface area contributed by atoms with E-state index in [0.29, 0.717) is 26.2 Å². The standard InChI is InChI=1S/C10H20N2O4/c1-4-8(12-10(14)16-6-3)7-11-9(13)15-5-2/h8H,4-7H2,1-3H3,(H,11,13)(H,12,14). The number of nitrogens with one attached hydrogen (secondary N) is 2. The Bertz CT molecular complexity index is 221. The Morgan fingerprint density at radius 1 is 1.06 bits per heavy atom. The maximum absolute atomic E-state index is 11.1. The largest absolute Gasteiger partial charge is 0.450 e. The second-order valence-corrected chi connectivity index (χ2v) is 3.07. The van der Waals surface area contributed by atoms with Gasteiger partial charge in [-0.05, 0) is 20.3 Å². The summed E-state index contributed by atoms with van der Waals surface area (Å²) in [5.74, 6) is 0. The Labute approximate surface area is 95.7 Å². The van der Waals surface area contributed by atoms with Gasteiger partial charge in [0.1, 0.15) is 0 Å². The molecule has 1 atom stereocenters. The first-order chi connectivity index (χ1) is 7.63. The molecule has 0 spiro atoms. The number of ether oxygens (including phenoxy) is 2. The predicted octanol–water partition coefficient (Wildman–Crippen LogP) is 1.26. The van der Waals surface area contributed by atoms with Crippen molar-refractivity contribution in [1.82, 2.24) is 10.6 Å². The van der Waals surface area contributed by atoms with E-state index in [9.17, 15) is 9.59 Å². The number of rotatable bonds is 6. The zero-order valence-corrected chi connectivity index (χ0v) is 10.0. The number of hydrogen-bond acceptors (Lipinski definition) is 4. The second-order valence-electron chi connectivity index (χ2n) is 3.07. The Hall–Kier alpha value is -1.46. The molecule has 0 aliphatic carbocycles. The van der Waals surface area contributed by atoms with Crippen LogP contribution in [0.5, 0.6) is 0 Å². The van der Waals surface area contributed by atoms with E-state index in [1.54, 1.807) is 13.8 Å². The molecule has 0 saturated heterocycles. The highest BCUT2D eigenvalue weighted by Gasteiger charge is 2.12. The Balaban J connectivity index is 3.82. The average Bonchev–Trinajstić information content (AvgIpc) is 2.25. The van der Waals surface area contributed by atoms with Gasteiger partial charge in [0.15, 0.2) is 0 Å². The monoisotopic (exact) mass is 232 g/mol. The van der Waals surface area contributed by atoms with Crippen LogP contribution in [-0.4, -0.2) is 38.0 Å². The molecular formula is C10H20N2O4. The third-order valence-electron chi connectivity index (χ3n) is 1.86. The fourth-order valence-corrected chi connectivity index (χ4v) is 1.03. The first-order valence-corrected chi connectivity index (χ1v) is 5.47. The molecule has 0 aromatic heterocycles. The highest BCUT2D eigenvalue weighted by atomic mass is 16.6. The molecule has 2 N–H and O–H groups in total. The summed E-state index contributed by atoms with van der Waals surface area (Å²) >= 11 is 0. The van der Waals surface area contributed by atoms with Crippen LogP contribution in [0.2, 0.25) is 0 Å². The van der Waals surface area contributed by atoms with Gasteiger partial charge < -0.3 is 20.1 Å². The molecule has 1 unspecified atom stereocenters. The lowest BCUT2D eigenvalue weighted by Crippen LogP contribution is -2.43. The van der Waals surface area contributed by atoms with Crippen LogP contribution in [0.15, 0.2) is 0 Å². The fraction of sp³-hybridized carbons (Fsp3) is 0.800. The number of hydrogen-bond donors (Lipinski definition) is 2. The molecule has 0 saturated carbocycles. The third kappa shape index (κ3) is 6.92. The Kier molecular flexibility index (Phi) is 8.01. The normalized spacial score (nSPS) is 11.4. The van der Waals surface area contributed by atoms with Gasteiger partial charge in [0, 0.05) is 12.6 Å². The van der Waals surface area contributed by atoms with Crippen molar-refractivity contribution in [3.63, 3.8) is 0 Å². The number of alkyl carbamates (subject to hydrolysis) is 2. The van der Waals surface area contributed by atoms with Gasteiger partial charge in [-0.15, -0.1) is 0 Å². The van der Waals surface area contributed by atoms with Crippen LogP contribution in [0, 0.1) is 0 Å². The van der Waals surface area contributed by atoms with E-state index in [2.05, 4.69) is 10.6 Å². The lowest BCUT2D eigenvalue weighted by molar-refractivity contribution is 0.142. The van der Waals surface area contributed by atoms with E-state index < -0.39 is 12.2 Å². The number of amides is 2. The summed E-state index contributed by atoms with van der Waals surface area (Å²) in [5.41, 5.74) is 0. The van der Waals surface area contributed by atoms with Crippen molar-refractivity contribution in [3.05, 3.63) is 0 Å². The molecule has 6 heteroatoms. The summed E-state index contributed by atoms with van der Waals surface area (Å²) in [6.45, 7) is 6.35. The van der Waals surface area contributed by atoms with Crippen molar-refractivity contribution in [1.29, 1.82) is 0 Å². The number of carbonyl (C=O) groups is 2. The topological polar surface area (TPSA) is 76.7 Å².